The summed E-state index contributed by atoms with van der Waals surface area (Å²) in [5, 5.41) is 22.2. The monoisotopic (exact) mass is 294 g/mol. The smallest absolute Gasteiger partial charge is 0.342 e. The Labute approximate surface area is 116 Å². The Morgan fingerprint density at radius 1 is 1.10 bits per heavy atom. The lowest BCUT2D eigenvalue weighted by Crippen LogP contribution is -2.03. The molecule has 2 aromatic rings. The zero-order chi connectivity index (χ0) is 15.6. The summed E-state index contributed by atoms with van der Waals surface area (Å²) in [7, 11) is 0. The second-order valence-electron chi connectivity index (χ2n) is 4.08. The Kier molecular flexibility index (Phi) is 3.79. The number of nitrogens with zero attached hydrogens (tertiary/aromatic N) is 1. The fourth-order valence-corrected chi connectivity index (χ4v) is 1.73. The highest BCUT2D eigenvalue weighted by Gasteiger charge is 2.20. The fraction of sp³-hybridized carbons (Fsp3) is 0. The maximum atomic E-state index is 13.0. The zero-order valence-electron chi connectivity index (χ0n) is 10.3. The van der Waals surface area contributed by atoms with Gasteiger partial charge in [0.2, 0.25) is 0 Å². The number of hydrogen-bond acceptors (Lipinski definition) is 4. The van der Waals surface area contributed by atoms with Crippen LogP contribution in [-0.2, 0) is 0 Å². The number of halogens is 2. The maximum absolute atomic E-state index is 13.0. The van der Waals surface area contributed by atoms with E-state index in [-0.39, 0.29) is 11.4 Å². The molecule has 2 N–H and O–H groups in total. The third-order valence-corrected chi connectivity index (χ3v) is 2.58. The van der Waals surface area contributed by atoms with Crippen molar-refractivity contribution in [3.63, 3.8) is 0 Å². The van der Waals surface area contributed by atoms with Crippen molar-refractivity contribution in [3.8, 4) is 0 Å². The van der Waals surface area contributed by atoms with Crippen molar-refractivity contribution in [3.05, 3.63) is 63.7 Å². The molecule has 0 radical (unpaired) electrons. The maximum Gasteiger partial charge on any atom is 0.342 e. The third-order valence-electron chi connectivity index (χ3n) is 2.58. The van der Waals surface area contributed by atoms with Crippen LogP contribution in [0.15, 0.2) is 36.4 Å². The Balaban J connectivity index is 2.39. The minimum Gasteiger partial charge on any atom is -0.477 e. The first-order valence-corrected chi connectivity index (χ1v) is 5.61. The standard InChI is InChI=1S/C13H8F2N2O4/c14-7-3-8(15)5-10(4-7)16-9-1-2-11(13(18)19)12(6-9)17(20)21/h1-6,16H,(H,18,19). The molecule has 8 heteroatoms. The molecule has 6 nitrogen and oxygen atoms in total. The highest BCUT2D eigenvalue weighted by molar-refractivity contribution is 5.93. The molecule has 0 aliphatic carbocycles. The SMILES string of the molecule is O=C(O)c1ccc(Nc2cc(F)cc(F)c2)cc1[N+](=O)[O-]. The Morgan fingerprint density at radius 2 is 1.71 bits per heavy atom. The van der Waals surface area contributed by atoms with E-state index < -0.39 is 33.8 Å². The number of carbonyl (C=O) groups is 1. The summed E-state index contributed by atoms with van der Waals surface area (Å²) in [6, 6.07) is 5.96. The van der Waals surface area contributed by atoms with Gasteiger partial charge in [0.25, 0.3) is 5.69 Å². The molecule has 2 rings (SSSR count). The van der Waals surface area contributed by atoms with Gasteiger partial charge in [-0.15, -0.1) is 0 Å². The van der Waals surface area contributed by atoms with Crippen LogP contribution in [0, 0.1) is 21.7 Å². The molecule has 0 aromatic heterocycles. The largest absolute Gasteiger partial charge is 0.477 e. The molecule has 0 saturated heterocycles. The van der Waals surface area contributed by atoms with Gasteiger partial charge in [-0.25, -0.2) is 13.6 Å². The first-order chi connectivity index (χ1) is 9.86. The summed E-state index contributed by atoms with van der Waals surface area (Å²) in [4.78, 5) is 20.8. The van der Waals surface area contributed by atoms with Gasteiger partial charge in [0.1, 0.15) is 17.2 Å². The summed E-state index contributed by atoms with van der Waals surface area (Å²) in [6.45, 7) is 0. The molecule has 0 spiro atoms. The van der Waals surface area contributed by atoms with E-state index in [1.807, 2.05) is 0 Å². The molecule has 0 saturated carbocycles. The molecule has 108 valence electrons. The van der Waals surface area contributed by atoms with Crippen LogP contribution in [0.25, 0.3) is 0 Å². The number of carboxylic acids is 1. The Morgan fingerprint density at radius 3 is 2.24 bits per heavy atom. The number of anilines is 2. The average Bonchev–Trinajstić information content (AvgIpc) is 2.36. The van der Waals surface area contributed by atoms with E-state index in [1.165, 1.54) is 6.07 Å². The minimum absolute atomic E-state index is 0.0462. The highest BCUT2D eigenvalue weighted by Crippen LogP contribution is 2.26. The molecule has 21 heavy (non-hydrogen) atoms. The van der Waals surface area contributed by atoms with E-state index in [2.05, 4.69) is 5.32 Å². The summed E-state index contributed by atoms with van der Waals surface area (Å²) in [6.07, 6.45) is 0. The first kappa shape index (κ1) is 14.4. The van der Waals surface area contributed by atoms with Gasteiger partial charge in [-0.3, -0.25) is 10.1 Å². The first-order valence-electron chi connectivity index (χ1n) is 5.61. The summed E-state index contributed by atoms with van der Waals surface area (Å²) in [5.74, 6) is -3.06. The fourth-order valence-electron chi connectivity index (χ4n) is 1.73. The lowest BCUT2D eigenvalue weighted by Gasteiger charge is -2.07. The number of hydrogen-bond donors (Lipinski definition) is 2. The second kappa shape index (κ2) is 5.53. The molecule has 0 amide bonds. The molecule has 2 aromatic carbocycles. The van der Waals surface area contributed by atoms with Crippen LogP contribution in [-0.4, -0.2) is 16.0 Å². The van der Waals surface area contributed by atoms with Crippen molar-refractivity contribution in [2.45, 2.75) is 0 Å². The van der Waals surface area contributed by atoms with Gasteiger partial charge in [0, 0.05) is 23.5 Å². The summed E-state index contributed by atoms with van der Waals surface area (Å²) >= 11 is 0. The highest BCUT2D eigenvalue weighted by atomic mass is 19.1. The molecular weight excluding hydrogens is 286 g/mol. The summed E-state index contributed by atoms with van der Waals surface area (Å²) < 4.78 is 26.1. The van der Waals surface area contributed by atoms with Gasteiger partial charge in [-0.1, -0.05) is 0 Å². The number of carboxylic acid groups (broad SMARTS) is 1. The predicted molar refractivity (Wildman–Crippen MR) is 69.7 cm³/mol. The number of benzene rings is 2. The zero-order valence-corrected chi connectivity index (χ0v) is 10.3. The van der Waals surface area contributed by atoms with E-state index in [0.29, 0.717) is 6.07 Å². The number of nitro benzene ring substituents is 1. The van der Waals surface area contributed by atoms with Gasteiger partial charge in [-0.2, -0.15) is 0 Å². The van der Waals surface area contributed by atoms with Crippen LogP contribution >= 0.6 is 0 Å². The topological polar surface area (TPSA) is 92.5 Å². The van der Waals surface area contributed by atoms with Crippen molar-refractivity contribution in [2.24, 2.45) is 0 Å². The molecule has 0 aliphatic heterocycles. The van der Waals surface area contributed by atoms with Gasteiger partial charge in [-0.05, 0) is 24.3 Å². The van der Waals surface area contributed by atoms with Gasteiger partial charge in [0.05, 0.1) is 4.92 Å². The number of nitrogens with one attached hydrogen (secondary N) is 1. The van der Waals surface area contributed by atoms with Gasteiger partial charge >= 0.3 is 5.97 Å². The molecule has 0 heterocycles. The quantitative estimate of drug-likeness (QED) is 0.666. The predicted octanol–water partition coefficient (Wildman–Crippen LogP) is 3.31. The molecule has 0 bridgehead atoms. The molecule has 0 unspecified atom stereocenters. The average molecular weight is 294 g/mol. The molecule has 0 fully saturated rings. The van der Waals surface area contributed by atoms with E-state index in [9.17, 15) is 23.7 Å². The Hall–Kier alpha value is -3.03. The number of aromatic carboxylic acids is 1. The van der Waals surface area contributed by atoms with Crippen LogP contribution in [0.1, 0.15) is 10.4 Å². The van der Waals surface area contributed by atoms with Crippen LogP contribution in [0.5, 0.6) is 0 Å². The lowest BCUT2D eigenvalue weighted by molar-refractivity contribution is -0.385. The number of nitro groups is 1. The molecule has 0 aliphatic rings. The van der Waals surface area contributed by atoms with E-state index in [1.54, 1.807) is 0 Å². The van der Waals surface area contributed by atoms with Crippen molar-refractivity contribution >= 4 is 23.0 Å². The van der Waals surface area contributed by atoms with E-state index in [4.69, 9.17) is 5.11 Å². The van der Waals surface area contributed by atoms with Crippen LogP contribution in [0.3, 0.4) is 0 Å². The normalized spacial score (nSPS) is 10.2. The van der Waals surface area contributed by atoms with Gasteiger partial charge < -0.3 is 10.4 Å². The van der Waals surface area contributed by atoms with Gasteiger partial charge in [0.15, 0.2) is 0 Å². The minimum atomic E-state index is -1.44. The van der Waals surface area contributed by atoms with Crippen LogP contribution in [0.2, 0.25) is 0 Å². The lowest BCUT2D eigenvalue weighted by atomic mass is 10.1. The molecule has 0 atom stereocenters. The van der Waals surface area contributed by atoms with Crippen LogP contribution in [0.4, 0.5) is 25.8 Å². The molecular formula is C13H8F2N2O4. The van der Waals surface area contributed by atoms with Crippen molar-refractivity contribution < 1.29 is 23.6 Å². The Bertz CT molecular complexity index is 714. The van der Waals surface area contributed by atoms with Crippen molar-refractivity contribution in [2.75, 3.05) is 5.32 Å². The van der Waals surface area contributed by atoms with E-state index in [0.717, 1.165) is 24.3 Å². The number of rotatable bonds is 4. The van der Waals surface area contributed by atoms with E-state index >= 15 is 0 Å². The van der Waals surface area contributed by atoms with Crippen molar-refractivity contribution in [1.29, 1.82) is 0 Å². The summed E-state index contributed by atoms with van der Waals surface area (Å²) in [5.41, 5.74) is -0.915. The van der Waals surface area contributed by atoms with Crippen molar-refractivity contribution in [1.82, 2.24) is 0 Å². The van der Waals surface area contributed by atoms with Crippen LogP contribution < -0.4 is 5.32 Å². The third kappa shape index (κ3) is 3.30. The second-order valence-corrected chi connectivity index (χ2v) is 4.08.